The lowest BCUT2D eigenvalue weighted by Gasteiger charge is -2.21. The first-order chi connectivity index (χ1) is 7.78. The van der Waals surface area contributed by atoms with E-state index in [0.717, 1.165) is 6.07 Å². The van der Waals surface area contributed by atoms with Crippen molar-refractivity contribution in [2.24, 2.45) is 0 Å². The van der Waals surface area contributed by atoms with Crippen LogP contribution >= 0.6 is 0 Å². The van der Waals surface area contributed by atoms with Crippen molar-refractivity contribution in [1.29, 1.82) is 0 Å². The molecule has 0 saturated carbocycles. The summed E-state index contributed by atoms with van der Waals surface area (Å²) in [5, 5.41) is 3.09. The number of hydrogen-bond donors (Lipinski definition) is 1. The van der Waals surface area contributed by atoms with E-state index in [1.54, 1.807) is 0 Å². The van der Waals surface area contributed by atoms with Gasteiger partial charge in [0.1, 0.15) is 11.6 Å². The SMILES string of the molecule is CC(C)(C)NCc1cc(F)ccc1OC(F)F. The molecule has 0 heterocycles. The molecule has 0 aromatic heterocycles. The number of halogens is 3. The van der Waals surface area contributed by atoms with Crippen LogP contribution in [-0.2, 0) is 6.54 Å². The normalized spacial score (nSPS) is 11.9. The van der Waals surface area contributed by atoms with Gasteiger partial charge in [0.25, 0.3) is 0 Å². The molecular weight excluding hydrogens is 231 g/mol. The summed E-state index contributed by atoms with van der Waals surface area (Å²) < 4.78 is 41.6. The van der Waals surface area contributed by atoms with Crippen LogP contribution in [0.15, 0.2) is 18.2 Å². The molecule has 5 heteroatoms. The van der Waals surface area contributed by atoms with E-state index in [9.17, 15) is 13.2 Å². The van der Waals surface area contributed by atoms with Gasteiger partial charge in [-0.2, -0.15) is 8.78 Å². The van der Waals surface area contributed by atoms with Gasteiger partial charge in [0, 0.05) is 17.6 Å². The molecule has 1 N–H and O–H groups in total. The Labute approximate surface area is 98.8 Å². The van der Waals surface area contributed by atoms with Crippen LogP contribution in [0.5, 0.6) is 5.75 Å². The molecule has 1 rings (SSSR count). The van der Waals surface area contributed by atoms with E-state index in [1.165, 1.54) is 12.1 Å². The van der Waals surface area contributed by atoms with Gasteiger partial charge in [-0.3, -0.25) is 0 Å². The number of hydrogen-bond acceptors (Lipinski definition) is 2. The summed E-state index contributed by atoms with van der Waals surface area (Å²) in [7, 11) is 0. The Hall–Kier alpha value is -1.23. The minimum Gasteiger partial charge on any atom is -0.434 e. The average molecular weight is 247 g/mol. The van der Waals surface area contributed by atoms with Gasteiger partial charge in [-0.05, 0) is 39.0 Å². The molecule has 0 fully saturated rings. The molecule has 0 aliphatic heterocycles. The van der Waals surface area contributed by atoms with Gasteiger partial charge in [0.2, 0.25) is 0 Å². The second-order valence-electron chi connectivity index (χ2n) is 4.73. The summed E-state index contributed by atoms with van der Waals surface area (Å²) in [5.74, 6) is -0.476. The summed E-state index contributed by atoms with van der Waals surface area (Å²) in [6.07, 6.45) is 0. The highest BCUT2D eigenvalue weighted by Gasteiger charge is 2.14. The maximum absolute atomic E-state index is 13.0. The quantitative estimate of drug-likeness (QED) is 0.881. The number of nitrogens with one attached hydrogen (secondary N) is 1. The van der Waals surface area contributed by atoms with E-state index < -0.39 is 12.4 Å². The molecule has 0 saturated heterocycles. The minimum absolute atomic E-state index is 0.00171. The van der Waals surface area contributed by atoms with Gasteiger partial charge < -0.3 is 10.1 Å². The number of rotatable bonds is 4. The van der Waals surface area contributed by atoms with Gasteiger partial charge >= 0.3 is 6.61 Å². The molecule has 0 radical (unpaired) electrons. The smallest absolute Gasteiger partial charge is 0.387 e. The molecule has 0 unspecified atom stereocenters. The molecule has 0 aliphatic rings. The van der Waals surface area contributed by atoms with Crippen LogP contribution < -0.4 is 10.1 Å². The molecule has 0 amide bonds. The van der Waals surface area contributed by atoms with Crippen molar-refractivity contribution >= 4 is 0 Å². The number of benzene rings is 1. The molecule has 1 aromatic carbocycles. The van der Waals surface area contributed by atoms with E-state index in [2.05, 4.69) is 10.1 Å². The fraction of sp³-hybridized carbons (Fsp3) is 0.500. The van der Waals surface area contributed by atoms with Crippen molar-refractivity contribution in [3.8, 4) is 5.75 Å². The zero-order valence-electron chi connectivity index (χ0n) is 10.1. The molecule has 17 heavy (non-hydrogen) atoms. The first-order valence-electron chi connectivity index (χ1n) is 5.26. The van der Waals surface area contributed by atoms with E-state index in [4.69, 9.17) is 0 Å². The van der Waals surface area contributed by atoms with Crippen molar-refractivity contribution in [3.63, 3.8) is 0 Å². The van der Waals surface area contributed by atoms with Gasteiger partial charge in [-0.1, -0.05) is 0 Å². The highest BCUT2D eigenvalue weighted by molar-refractivity contribution is 5.34. The van der Waals surface area contributed by atoms with Crippen molar-refractivity contribution in [2.75, 3.05) is 0 Å². The number of alkyl halides is 2. The molecule has 2 nitrogen and oxygen atoms in total. The average Bonchev–Trinajstić information content (AvgIpc) is 2.16. The Balaban J connectivity index is 2.83. The van der Waals surface area contributed by atoms with E-state index >= 15 is 0 Å². The topological polar surface area (TPSA) is 21.3 Å². The molecule has 0 aliphatic carbocycles. The minimum atomic E-state index is -2.91. The third kappa shape index (κ3) is 5.08. The second kappa shape index (κ2) is 5.40. The van der Waals surface area contributed by atoms with Gasteiger partial charge in [-0.15, -0.1) is 0 Å². The molecule has 0 atom stereocenters. The van der Waals surface area contributed by atoms with Gasteiger partial charge in [0.05, 0.1) is 0 Å². The Bertz CT molecular complexity index is 375. The summed E-state index contributed by atoms with van der Waals surface area (Å²) in [5.41, 5.74) is 0.189. The van der Waals surface area contributed by atoms with E-state index in [-0.39, 0.29) is 17.8 Å². The molecule has 0 bridgehead atoms. The summed E-state index contributed by atoms with van der Waals surface area (Å²) in [6.45, 7) is 3.15. The molecular formula is C12H16F3NO. The fourth-order valence-corrected chi connectivity index (χ4v) is 1.26. The van der Waals surface area contributed by atoms with E-state index in [1.807, 2.05) is 20.8 Å². The highest BCUT2D eigenvalue weighted by atomic mass is 19.3. The Kier molecular flexibility index (Phi) is 4.40. The van der Waals surface area contributed by atoms with Crippen LogP contribution in [0, 0.1) is 5.82 Å². The monoisotopic (exact) mass is 247 g/mol. The van der Waals surface area contributed by atoms with Crippen molar-refractivity contribution in [1.82, 2.24) is 5.32 Å². The lowest BCUT2D eigenvalue weighted by molar-refractivity contribution is -0.0505. The lowest BCUT2D eigenvalue weighted by atomic mass is 10.1. The fourth-order valence-electron chi connectivity index (χ4n) is 1.26. The molecule has 96 valence electrons. The van der Waals surface area contributed by atoms with Crippen molar-refractivity contribution in [3.05, 3.63) is 29.6 Å². The summed E-state index contributed by atoms with van der Waals surface area (Å²) in [6, 6.07) is 3.50. The van der Waals surface area contributed by atoms with Crippen LogP contribution in [0.25, 0.3) is 0 Å². The standard InChI is InChI=1S/C12H16F3NO/c1-12(2,3)16-7-8-6-9(13)4-5-10(8)17-11(14)15/h4-6,11,16H,7H2,1-3H3. The Morgan fingerprint density at radius 2 is 1.94 bits per heavy atom. The van der Waals surface area contributed by atoms with Crippen LogP contribution in [0.3, 0.4) is 0 Å². The largest absolute Gasteiger partial charge is 0.434 e. The van der Waals surface area contributed by atoms with Gasteiger partial charge in [0.15, 0.2) is 0 Å². The number of ether oxygens (including phenoxy) is 1. The maximum Gasteiger partial charge on any atom is 0.387 e. The van der Waals surface area contributed by atoms with Crippen LogP contribution in [0.4, 0.5) is 13.2 Å². The summed E-state index contributed by atoms with van der Waals surface area (Å²) in [4.78, 5) is 0. The third-order valence-corrected chi connectivity index (χ3v) is 2.05. The molecule has 1 aromatic rings. The first kappa shape index (κ1) is 13.8. The van der Waals surface area contributed by atoms with Crippen molar-refractivity contribution in [2.45, 2.75) is 39.5 Å². The van der Waals surface area contributed by atoms with Crippen LogP contribution in [0.1, 0.15) is 26.3 Å². The maximum atomic E-state index is 13.0. The van der Waals surface area contributed by atoms with Crippen LogP contribution in [0.2, 0.25) is 0 Å². The predicted molar refractivity (Wildman–Crippen MR) is 59.6 cm³/mol. The van der Waals surface area contributed by atoms with Crippen LogP contribution in [-0.4, -0.2) is 12.2 Å². The van der Waals surface area contributed by atoms with Crippen molar-refractivity contribution < 1.29 is 17.9 Å². The predicted octanol–water partition coefficient (Wildman–Crippen LogP) is 3.32. The Morgan fingerprint density at radius 1 is 1.29 bits per heavy atom. The Morgan fingerprint density at radius 3 is 2.47 bits per heavy atom. The lowest BCUT2D eigenvalue weighted by Crippen LogP contribution is -2.35. The van der Waals surface area contributed by atoms with E-state index in [0.29, 0.717) is 5.56 Å². The second-order valence-corrected chi connectivity index (χ2v) is 4.73. The molecule has 0 spiro atoms. The third-order valence-electron chi connectivity index (χ3n) is 2.05. The first-order valence-corrected chi connectivity index (χ1v) is 5.26. The zero-order valence-corrected chi connectivity index (χ0v) is 10.1. The highest BCUT2D eigenvalue weighted by Crippen LogP contribution is 2.22. The summed E-state index contributed by atoms with van der Waals surface area (Å²) >= 11 is 0. The van der Waals surface area contributed by atoms with Gasteiger partial charge in [-0.25, -0.2) is 4.39 Å². The zero-order chi connectivity index (χ0) is 13.1.